The molecule has 0 unspecified atom stereocenters. The molecule has 0 atom stereocenters. The third-order valence-corrected chi connectivity index (χ3v) is 4.48. The Bertz CT molecular complexity index is 1160. The molecule has 3 rings (SSSR count). The molecular formula is C20H20N4O4. The average Bonchev–Trinajstić information content (AvgIpc) is 2.70. The lowest BCUT2D eigenvalue weighted by Gasteiger charge is -2.13. The molecule has 8 nitrogen and oxygen atoms in total. The second-order valence-corrected chi connectivity index (χ2v) is 6.27. The summed E-state index contributed by atoms with van der Waals surface area (Å²) < 4.78 is 2.41. The van der Waals surface area contributed by atoms with Gasteiger partial charge in [0.25, 0.3) is 5.56 Å². The van der Waals surface area contributed by atoms with Gasteiger partial charge in [-0.05, 0) is 36.8 Å². The summed E-state index contributed by atoms with van der Waals surface area (Å²) in [5.74, 6) is -0.888. The molecule has 0 bridgehead atoms. The molecule has 1 heterocycles. The number of hydrogen-bond donors (Lipinski definition) is 2. The van der Waals surface area contributed by atoms with Crippen molar-refractivity contribution in [2.45, 2.75) is 26.6 Å². The molecule has 0 saturated carbocycles. The maximum Gasteiger partial charge on any atom is 0.331 e. The van der Waals surface area contributed by atoms with E-state index in [2.05, 4.69) is 5.32 Å². The fourth-order valence-corrected chi connectivity index (χ4v) is 2.99. The molecule has 8 heteroatoms. The number of carbonyl (C=O) groups is 2. The standard InChI is InChI=1S/C20H20N4O4/c1-2-23-19(27)15-5-3-4-6-16(15)24(20(23)28)12-17(25)22-11-13-7-9-14(10-8-13)18(21)26/h3-10H,2,11-12H2,1H3,(H2,21,26)(H,22,25). The Morgan fingerprint density at radius 2 is 1.68 bits per heavy atom. The zero-order valence-electron chi connectivity index (χ0n) is 15.3. The van der Waals surface area contributed by atoms with E-state index in [1.807, 2.05) is 0 Å². The second kappa shape index (κ2) is 7.91. The third kappa shape index (κ3) is 3.71. The van der Waals surface area contributed by atoms with Gasteiger partial charge in [0.2, 0.25) is 11.8 Å². The van der Waals surface area contributed by atoms with Crippen molar-refractivity contribution in [3.8, 4) is 0 Å². The van der Waals surface area contributed by atoms with Crippen LogP contribution in [0.5, 0.6) is 0 Å². The van der Waals surface area contributed by atoms with Crippen molar-refractivity contribution in [3.63, 3.8) is 0 Å². The molecule has 0 saturated heterocycles. The van der Waals surface area contributed by atoms with Crippen molar-refractivity contribution >= 4 is 22.7 Å². The van der Waals surface area contributed by atoms with E-state index in [0.29, 0.717) is 16.5 Å². The van der Waals surface area contributed by atoms with Crippen LogP contribution >= 0.6 is 0 Å². The monoisotopic (exact) mass is 380 g/mol. The molecule has 0 aliphatic carbocycles. The van der Waals surface area contributed by atoms with Gasteiger partial charge < -0.3 is 11.1 Å². The van der Waals surface area contributed by atoms with Gasteiger partial charge in [-0.2, -0.15) is 0 Å². The lowest BCUT2D eigenvalue weighted by atomic mass is 10.1. The van der Waals surface area contributed by atoms with Crippen LogP contribution in [-0.2, 0) is 24.4 Å². The molecule has 0 aliphatic heterocycles. The zero-order chi connectivity index (χ0) is 20.3. The largest absolute Gasteiger partial charge is 0.366 e. The number of primary amides is 1. The SMILES string of the molecule is CCn1c(=O)c2ccccc2n(CC(=O)NCc2ccc(C(N)=O)cc2)c1=O. The van der Waals surface area contributed by atoms with Crippen LogP contribution in [0.25, 0.3) is 10.9 Å². The zero-order valence-corrected chi connectivity index (χ0v) is 15.3. The fraction of sp³-hybridized carbons (Fsp3) is 0.200. The van der Waals surface area contributed by atoms with Crippen LogP contribution in [0.2, 0.25) is 0 Å². The molecule has 28 heavy (non-hydrogen) atoms. The van der Waals surface area contributed by atoms with Crippen molar-refractivity contribution in [3.05, 3.63) is 80.5 Å². The first-order valence-electron chi connectivity index (χ1n) is 8.80. The number of aromatic nitrogens is 2. The van der Waals surface area contributed by atoms with Crippen molar-refractivity contribution in [2.24, 2.45) is 5.73 Å². The highest BCUT2D eigenvalue weighted by atomic mass is 16.2. The first-order valence-corrected chi connectivity index (χ1v) is 8.80. The summed E-state index contributed by atoms with van der Waals surface area (Å²) in [6.45, 7) is 1.95. The van der Waals surface area contributed by atoms with Crippen LogP contribution in [0.1, 0.15) is 22.8 Å². The maximum atomic E-state index is 12.6. The molecule has 1 aromatic heterocycles. The molecule has 0 fully saturated rings. The van der Waals surface area contributed by atoms with Crippen molar-refractivity contribution < 1.29 is 9.59 Å². The highest BCUT2D eigenvalue weighted by molar-refractivity contribution is 5.92. The van der Waals surface area contributed by atoms with E-state index in [9.17, 15) is 19.2 Å². The van der Waals surface area contributed by atoms with Gasteiger partial charge in [-0.3, -0.25) is 23.5 Å². The molecule has 0 aliphatic rings. The van der Waals surface area contributed by atoms with Crippen LogP contribution in [-0.4, -0.2) is 20.9 Å². The van der Waals surface area contributed by atoms with E-state index in [4.69, 9.17) is 5.73 Å². The summed E-state index contributed by atoms with van der Waals surface area (Å²) in [6.07, 6.45) is 0. The first kappa shape index (κ1) is 19.1. The van der Waals surface area contributed by atoms with Crippen molar-refractivity contribution in [1.29, 1.82) is 0 Å². The third-order valence-electron chi connectivity index (χ3n) is 4.48. The van der Waals surface area contributed by atoms with Crippen LogP contribution in [0.3, 0.4) is 0 Å². The Balaban J connectivity index is 1.82. The number of fused-ring (bicyclic) bond motifs is 1. The molecule has 2 amide bonds. The summed E-state index contributed by atoms with van der Waals surface area (Å²) >= 11 is 0. The number of carbonyl (C=O) groups excluding carboxylic acids is 2. The maximum absolute atomic E-state index is 12.6. The smallest absolute Gasteiger partial charge is 0.331 e. The van der Waals surface area contributed by atoms with Gasteiger partial charge >= 0.3 is 5.69 Å². The topological polar surface area (TPSA) is 116 Å². The van der Waals surface area contributed by atoms with Crippen LogP contribution in [0.15, 0.2) is 58.1 Å². The number of amides is 2. The van der Waals surface area contributed by atoms with E-state index in [0.717, 1.165) is 10.1 Å². The van der Waals surface area contributed by atoms with Gasteiger partial charge in [-0.25, -0.2) is 4.79 Å². The molecule has 2 aromatic carbocycles. The predicted molar refractivity (Wildman–Crippen MR) is 105 cm³/mol. The molecule has 0 spiro atoms. The first-order chi connectivity index (χ1) is 13.4. The van der Waals surface area contributed by atoms with Gasteiger partial charge in [0, 0.05) is 18.7 Å². The number of benzene rings is 2. The highest BCUT2D eigenvalue weighted by Gasteiger charge is 2.14. The summed E-state index contributed by atoms with van der Waals surface area (Å²) in [4.78, 5) is 48.6. The van der Waals surface area contributed by atoms with Gasteiger partial charge in [0.15, 0.2) is 0 Å². The van der Waals surface area contributed by atoms with E-state index < -0.39 is 11.6 Å². The van der Waals surface area contributed by atoms with E-state index in [1.165, 1.54) is 4.57 Å². The summed E-state index contributed by atoms with van der Waals surface area (Å²) in [7, 11) is 0. The average molecular weight is 380 g/mol. The number of hydrogen-bond acceptors (Lipinski definition) is 4. The Morgan fingerprint density at radius 1 is 1.00 bits per heavy atom. The van der Waals surface area contributed by atoms with E-state index >= 15 is 0 Å². The number of para-hydroxylation sites is 1. The van der Waals surface area contributed by atoms with Crippen LogP contribution in [0.4, 0.5) is 0 Å². The normalized spacial score (nSPS) is 10.8. The van der Waals surface area contributed by atoms with Crippen molar-refractivity contribution in [1.82, 2.24) is 14.5 Å². The van der Waals surface area contributed by atoms with Gasteiger partial charge in [0.05, 0.1) is 10.9 Å². The number of nitrogens with zero attached hydrogens (tertiary/aromatic N) is 2. The number of rotatable bonds is 6. The summed E-state index contributed by atoms with van der Waals surface area (Å²) in [5, 5.41) is 3.13. The Morgan fingerprint density at radius 3 is 2.32 bits per heavy atom. The van der Waals surface area contributed by atoms with Gasteiger partial charge in [0.1, 0.15) is 6.54 Å². The lowest BCUT2D eigenvalue weighted by molar-refractivity contribution is -0.121. The lowest BCUT2D eigenvalue weighted by Crippen LogP contribution is -2.42. The molecule has 3 aromatic rings. The Labute approximate surface area is 160 Å². The Hall–Kier alpha value is -3.68. The van der Waals surface area contributed by atoms with Gasteiger partial charge in [-0.15, -0.1) is 0 Å². The van der Waals surface area contributed by atoms with E-state index in [1.54, 1.807) is 55.5 Å². The second-order valence-electron chi connectivity index (χ2n) is 6.27. The molecule has 144 valence electrons. The highest BCUT2D eigenvalue weighted by Crippen LogP contribution is 2.08. The van der Waals surface area contributed by atoms with Gasteiger partial charge in [-0.1, -0.05) is 24.3 Å². The minimum Gasteiger partial charge on any atom is -0.366 e. The van der Waals surface area contributed by atoms with E-state index in [-0.39, 0.29) is 31.1 Å². The van der Waals surface area contributed by atoms with Crippen molar-refractivity contribution in [2.75, 3.05) is 0 Å². The number of nitrogens with one attached hydrogen (secondary N) is 1. The summed E-state index contributed by atoms with van der Waals surface area (Å²) in [5.41, 5.74) is 5.90. The van der Waals surface area contributed by atoms with Crippen LogP contribution in [0, 0.1) is 0 Å². The number of nitrogens with two attached hydrogens (primary N) is 1. The fourth-order valence-electron chi connectivity index (χ4n) is 2.99. The molecule has 0 radical (unpaired) electrons. The predicted octanol–water partition coefficient (Wildman–Crippen LogP) is 0.598. The Kier molecular flexibility index (Phi) is 5.39. The molecular weight excluding hydrogens is 360 g/mol. The molecule has 3 N–H and O–H groups in total. The minimum atomic E-state index is -0.521. The quantitative estimate of drug-likeness (QED) is 0.651. The minimum absolute atomic E-state index is 0.209. The summed E-state index contributed by atoms with van der Waals surface area (Å²) in [6, 6.07) is 13.3. The van der Waals surface area contributed by atoms with Crippen LogP contribution < -0.4 is 22.3 Å².